The van der Waals surface area contributed by atoms with Crippen molar-refractivity contribution in [2.24, 2.45) is 0 Å². The summed E-state index contributed by atoms with van der Waals surface area (Å²) in [6, 6.07) is 8.68. The number of rotatable bonds is 6. The standard InChI is InChI=1S/C15H21N3O2S4/c1-16(2)14(21)23-10-12(18(19)20)13(24-15(22)17(3)4)11-8-6-5-7-9-11/h5-9,12-13H,10H2,1-4H3. The number of hydrogen-bond donors (Lipinski definition) is 0. The van der Waals surface area contributed by atoms with Crippen LogP contribution in [0, 0.1) is 10.1 Å². The van der Waals surface area contributed by atoms with Gasteiger partial charge in [0, 0.05) is 33.1 Å². The highest BCUT2D eigenvalue weighted by molar-refractivity contribution is 8.23. The first-order valence-corrected chi connectivity index (χ1v) is 9.82. The highest BCUT2D eigenvalue weighted by Gasteiger charge is 2.35. The van der Waals surface area contributed by atoms with Crippen LogP contribution in [0.15, 0.2) is 30.3 Å². The Morgan fingerprint density at radius 2 is 1.67 bits per heavy atom. The maximum absolute atomic E-state index is 11.7. The van der Waals surface area contributed by atoms with Gasteiger partial charge in [0.25, 0.3) is 0 Å². The molecule has 0 aromatic heterocycles. The van der Waals surface area contributed by atoms with E-state index in [1.165, 1.54) is 23.5 Å². The number of nitro groups is 1. The van der Waals surface area contributed by atoms with Crippen molar-refractivity contribution in [1.82, 2.24) is 9.80 Å². The predicted molar refractivity (Wildman–Crippen MR) is 113 cm³/mol. The molecule has 0 saturated carbocycles. The van der Waals surface area contributed by atoms with E-state index in [0.29, 0.717) is 14.4 Å². The normalized spacial score (nSPS) is 13.0. The molecule has 0 spiro atoms. The van der Waals surface area contributed by atoms with Crippen molar-refractivity contribution < 1.29 is 4.92 Å². The first-order chi connectivity index (χ1) is 11.2. The van der Waals surface area contributed by atoms with E-state index in [2.05, 4.69) is 0 Å². The Labute approximate surface area is 162 Å². The van der Waals surface area contributed by atoms with E-state index < -0.39 is 6.04 Å². The molecule has 1 aromatic rings. The van der Waals surface area contributed by atoms with E-state index in [1.807, 2.05) is 58.5 Å². The minimum atomic E-state index is -0.793. The second kappa shape index (κ2) is 10.2. The molecule has 1 rings (SSSR count). The Bertz CT molecular complexity index is 581. The van der Waals surface area contributed by atoms with E-state index in [9.17, 15) is 10.1 Å². The van der Waals surface area contributed by atoms with Gasteiger partial charge in [-0.05, 0) is 5.56 Å². The van der Waals surface area contributed by atoms with Crippen molar-refractivity contribution in [2.45, 2.75) is 11.3 Å². The third-order valence-electron chi connectivity index (χ3n) is 3.08. The summed E-state index contributed by atoms with van der Waals surface area (Å²) in [6.07, 6.45) is 0. The molecule has 1 aromatic carbocycles. The van der Waals surface area contributed by atoms with Gasteiger partial charge in [0.15, 0.2) is 0 Å². The van der Waals surface area contributed by atoms with Crippen LogP contribution in [0.4, 0.5) is 0 Å². The number of hydrogen-bond acceptors (Lipinski definition) is 6. The van der Waals surface area contributed by atoms with Crippen LogP contribution in [0.5, 0.6) is 0 Å². The van der Waals surface area contributed by atoms with Crippen LogP contribution in [0.2, 0.25) is 0 Å². The smallest absolute Gasteiger partial charge is 0.238 e. The average molecular weight is 404 g/mol. The number of thioether (sulfide) groups is 2. The molecule has 0 aliphatic heterocycles. The minimum absolute atomic E-state index is 0.228. The summed E-state index contributed by atoms with van der Waals surface area (Å²) >= 11 is 13.3. The van der Waals surface area contributed by atoms with Gasteiger partial charge in [-0.3, -0.25) is 10.1 Å². The van der Waals surface area contributed by atoms with Crippen LogP contribution in [-0.4, -0.2) is 63.3 Å². The van der Waals surface area contributed by atoms with E-state index in [1.54, 1.807) is 9.80 Å². The second-order valence-corrected chi connectivity index (χ2v) is 8.86. The predicted octanol–water partition coefficient (Wildman–Crippen LogP) is 3.53. The lowest BCUT2D eigenvalue weighted by Crippen LogP contribution is -2.32. The van der Waals surface area contributed by atoms with Gasteiger partial charge in [0.2, 0.25) is 6.04 Å². The zero-order chi connectivity index (χ0) is 18.3. The second-order valence-electron chi connectivity index (χ2n) is 5.43. The molecular formula is C15H21N3O2S4. The van der Waals surface area contributed by atoms with Crippen LogP contribution >= 0.6 is 48.0 Å². The van der Waals surface area contributed by atoms with Crippen LogP contribution < -0.4 is 0 Å². The molecule has 9 heteroatoms. The van der Waals surface area contributed by atoms with Gasteiger partial charge in [-0.25, -0.2) is 0 Å². The molecule has 2 unspecified atom stereocenters. The quantitative estimate of drug-likeness (QED) is 0.406. The Morgan fingerprint density at radius 1 is 1.12 bits per heavy atom. The Balaban J connectivity index is 3.05. The lowest BCUT2D eigenvalue weighted by atomic mass is 10.1. The molecular weight excluding hydrogens is 382 g/mol. The van der Waals surface area contributed by atoms with Crippen molar-refractivity contribution in [2.75, 3.05) is 33.9 Å². The lowest BCUT2D eigenvalue weighted by Gasteiger charge is -2.24. The van der Waals surface area contributed by atoms with E-state index in [0.717, 1.165) is 5.56 Å². The molecule has 0 heterocycles. The van der Waals surface area contributed by atoms with Gasteiger partial charge in [-0.15, -0.1) is 0 Å². The monoisotopic (exact) mass is 403 g/mol. The summed E-state index contributed by atoms with van der Waals surface area (Å²) in [5.41, 5.74) is 0.893. The van der Waals surface area contributed by atoms with Gasteiger partial charge in [0.1, 0.15) is 13.9 Å². The van der Waals surface area contributed by atoms with Crippen LogP contribution in [0.1, 0.15) is 10.8 Å². The molecule has 0 fully saturated rings. The summed E-state index contributed by atoms with van der Waals surface area (Å²) in [4.78, 5) is 15.1. The van der Waals surface area contributed by atoms with Gasteiger partial charge in [-0.2, -0.15) is 0 Å². The van der Waals surface area contributed by atoms with Gasteiger partial charge in [0.05, 0.1) is 5.75 Å². The molecule has 5 nitrogen and oxygen atoms in total. The van der Waals surface area contributed by atoms with Crippen molar-refractivity contribution in [3.8, 4) is 0 Å². The fraction of sp³-hybridized carbons (Fsp3) is 0.467. The molecule has 0 saturated heterocycles. The zero-order valence-electron chi connectivity index (χ0n) is 14.0. The molecule has 2 atom stereocenters. The topological polar surface area (TPSA) is 49.6 Å². The SMILES string of the molecule is CN(C)C(=S)SCC(C(SC(=S)N(C)C)c1ccccc1)[N+](=O)[O-]. The maximum Gasteiger partial charge on any atom is 0.238 e. The number of thiocarbonyl (C=S) groups is 2. The zero-order valence-corrected chi connectivity index (χ0v) is 17.3. The molecule has 0 N–H and O–H groups in total. The molecule has 0 amide bonds. The molecule has 132 valence electrons. The Hall–Kier alpha value is -0.900. The fourth-order valence-electron chi connectivity index (χ4n) is 1.77. The van der Waals surface area contributed by atoms with Crippen molar-refractivity contribution >= 4 is 56.6 Å². The molecule has 0 bridgehead atoms. The molecule has 24 heavy (non-hydrogen) atoms. The fourth-order valence-corrected chi connectivity index (χ4v) is 4.37. The third kappa shape index (κ3) is 6.54. The lowest BCUT2D eigenvalue weighted by molar-refractivity contribution is -0.516. The maximum atomic E-state index is 11.7. The highest BCUT2D eigenvalue weighted by atomic mass is 32.2. The summed E-state index contributed by atoms with van der Waals surface area (Å²) in [5, 5.41) is 11.3. The highest BCUT2D eigenvalue weighted by Crippen LogP contribution is 2.36. The first kappa shape index (κ1) is 21.1. The third-order valence-corrected chi connectivity index (χ3v) is 6.98. The number of benzene rings is 1. The average Bonchev–Trinajstić information content (AvgIpc) is 2.53. The van der Waals surface area contributed by atoms with Crippen molar-refractivity contribution in [3.05, 3.63) is 46.0 Å². The van der Waals surface area contributed by atoms with Gasteiger partial charge in [-0.1, -0.05) is 78.3 Å². The van der Waals surface area contributed by atoms with Crippen LogP contribution in [0.25, 0.3) is 0 Å². The summed E-state index contributed by atoms with van der Waals surface area (Å²) < 4.78 is 1.25. The Morgan fingerprint density at radius 3 is 2.12 bits per heavy atom. The first-order valence-electron chi connectivity index (χ1n) is 7.14. The molecule has 0 radical (unpaired) electrons. The van der Waals surface area contributed by atoms with E-state index >= 15 is 0 Å². The van der Waals surface area contributed by atoms with E-state index in [4.69, 9.17) is 24.4 Å². The van der Waals surface area contributed by atoms with Crippen LogP contribution in [0.3, 0.4) is 0 Å². The van der Waals surface area contributed by atoms with Gasteiger partial charge >= 0.3 is 0 Å². The summed E-state index contributed by atoms with van der Waals surface area (Å²) in [7, 11) is 7.35. The number of nitrogens with zero attached hydrogens (tertiary/aromatic N) is 3. The molecule has 0 aliphatic carbocycles. The summed E-state index contributed by atoms with van der Waals surface area (Å²) in [5.74, 6) is 0.298. The van der Waals surface area contributed by atoms with Gasteiger partial charge < -0.3 is 9.80 Å². The van der Waals surface area contributed by atoms with Crippen LogP contribution in [-0.2, 0) is 0 Å². The van der Waals surface area contributed by atoms with Crippen molar-refractivity contribution in [1.29, 1.82) is 0 Å². The molecule has 0 aliphatic rings. The minimum Gasteiger partial charge on any atom is -0.364 e. The Kier molecular flexibility index (Phi) is 8.96. The summed E-state index contributed by atoms with van der Waals surface area (Å²) in [6.45, 7) is 0. The largest absolute Gasteiger partial charge is 0.364 e. The van der Waals surface area contributed by atoms with Crippen molar-refractivity contribution in [3.63, 3.8) is 0 Å². The van der Waals surface area contributed by atoms with E-state index in [-0.39, 0.29) is 10.2 Å².